The summed E-state index contributed by atoms with van der Waals surface area (Å²) in [5.74, 6) is 0.342. The molecule has 1 rings (SSSR count). The maximum atomic E-state index is 11.0. The van der Waals surface area contributed by atoms with E-state index < -0.39 is 0 Å². The maximum Gasteiger partial charge on any atom is 0.411 e. The minimum Gasteiger partial charge on any atom is -0.449 e. The van der Waals surface area contributed by atoms with Crippen LogP contribution in [0.4, 0.5) is 4.79 Å². The Balaban J connectivity index is 2.19. The number of nitriles is 1. The van der Waals surface area contributed by atoms with Crippen molar-refractivity contribution < 1.29 is 9.53 Å². The number of rotatable bonds is 2. The molecule has 1 unspecified atom stereocenters. The van der Waals surface area contributed by atoms with Gasteiger partial charge in [-0.05, 0) is 5.92 Å². The molecule has 0 saturated carbocycles. The van der Waals surface area contributed by atoms with Gasteiger partial charge in [0.05, 0.1) is 19.2 Å². The predicted molar refractivity (Wildman–Crippen MR) is 42.3 cm³/mol. The molecule has 1 aliphatic heterocycles. The van der Waals surface area contributed by atoms with Gasteiger partial charge in [-0.15, -0.1) is 0 Å². The summed E-state index contributed by atoms with van der Waals surface area (Å²) in [6.45, 7) is 4.88. The van der Waals surface area contributed by atoms with E-state index in [-0.39, 0.29) is 12.1 Å². The molecule has 0 radical (unpaired) electrons. The highest BCUT2D eigenvalue weighted by Gasteiger charge is 2.39. The Hall–Kier alpha value is -1.24. The van der Waals surface area contributed by atoms with E-state index in [9.17, 15) is 4.79 Å². The summed E-state index contributed by atoms with van der Waals surface area (Å²) in [5.41, 5.74) is 0. The Morgan fingerprint density at radius 2 is 2.50 bits per heavy atom. The Kier molecular flexibility index (Phi) is 2.54. The van der Waals surface area contributed by atoms with Crippen molar-refractivity contribution in [2.75, 3.05) is 13.2 Å². The van der Waals surface area contributed by atoms with Gasteiger partial charge in [0.15, 0.2) is 0 Å². The number of carbonyl (C=O) groups is 1. The maximum absolute atomic E-state index is 11.0. The van der Waals surface area contributed by atoms with Gasteiger partial charge in [0.2, 0.25) is 0 Å². The molecule has 0 bridgehead atoms. The van der Waals surface area contributed by atoms with Gasteiger partial charge < -0.3 is 4.74 Å². The van der Waals surface area contributed by atoms with Crippen molar-refractivity contribution in [3.63, 3.8) is 0 Å². The second-order valence-electron chi connectivity index (χ2n) is 3.27. The van der Waals surface area contributed by atoms with Gasteiger partial charge in [-0.25, -0.2) is 4.79 Å². The average Bonchev–Trinajstić information content (AvgIpc) is 2.78. The van der Waals surface area contributed by atoms with E-state index >= 15 is 0 Å². The molecular weight excluding hydrogens is 156 g/mol. The Bertz CT molecular complexity index is 220. The fourth-order valence-electron chi connectivity index (χ4n) is 0.772. The monoisotopic (exact) mass is 168 g/mol. The fraction of sp³-hybridized carbons (Fsp3) is 0.750. The van der Waals surface area contributed by atoms with E-state index in [0.717, 1.165) is 0 Å². The highest BCUT2D eigenvalue weighted by Crippen LogP contribution is 2.17. The minimum atomic E-state index is -0.366. The van der Waals surface area contributed by atoms with Crippen molar-refractivity contribution in [1.82, 2.24) is 4.90 Å². The van der Waals surface area contributed by atoms with Crippen LogP contribution in [0, 0.1) is 17.2 Å². The molecule has 1 heterocycles. The van der Waals surface area contributed by atoms with Crippen LogP contribution in [-0.2, 0) is 4.74 Å². The smallest absolute Gasteiger partial charge is 0.411 e. The van der Waals surface area contributed by atoms with Crippen molar-refractivity contribution in [3.05, 3.63) is 0 Å². The third-order valence-electron chi connectivity index (χ3n) is 1.54. The average molecular weight is 168 g/mol. The molecule has 0 aromatic heterocycles. The van der Waals surface area contributed by atoms with Gasteiger partial charge >= 0.3 is 6.09 Å². The standard InChI is InChI=1S/C8H12N2O2/c1-6(2)5-12-8(11)10-4-7(10)3-9/h6-7H,4-5H2,1-2H3. The second-order valence-corrected chi connectivity index (χ2v) is 3.27. The lowest BCUT2D eigenvalue weighted by molar-refractivity contribution is 0.118. The van der Waals surface area contributed by atoms with Crippen LogP contribution < -0.4 is 0 Å². The SMILES string of the molecule is CC(C)COC(=O)N1CC1C#N. The molecule has 12 heavy (non-hydrogen) atoms. The first kappa shape index (κ1) is 8.85. The normalized spacial score (nSPS) is 20.5. The Morgan fingerprint density at radius 1 is 1.83 bits per heavy atom. The number of hydrogen-bond acceptors (Lipinski definition) is 3. The van der Waals surface area contributed by atoms with E-state index in [4.69, 9.17) is 10.00 Å². The predicted octanol–water partition coefficient (Wildman–Crippen LogP) is 0.987. The van der Waals surface area contributed by atoms with Crippen molar-refractivity contribution in [3.8, 4) is 6.07 Å². The van der Waals surface area contributed by atoms with Crippen LogP contribution >= 0.6 is 0 Å². The van der Waals surface area contributed by atoms with Crippen LogP contribution in [0.5, 0.6) is 0 Å². The summed E-state index contributed by atoms with van der Waals surface area (Å²) in [4.78, 5) is 12.4. The second kappa shape index (κ2) is 3.44. The van der Waals surface area contributed by atoms with Crippen LogP contribution in [0.2, 0.25) is 0 Å². The fourth-order valence-corrected chi connectivity index (χ4v) is 0.772. The van der Waals surface area contributed by atoms with E-state index in [1.54, 1.807) is 0 Å². The first-order valence-corrected chi connectivity index (χ1v) is 3.98. The lowest BCUT2D eigenvalue weighted by Gasteiger charge is -2.06. The van der Waals surface area contributed by atoms with Crippen LogP contribution in [0.1, 0.15) is 13.8 Å². The van der Waals surface area contributed by atoms with Crippen LogP contribution in [-0.4, -0.2) is 30.2 Å². The van der Waals surface area contributed by atoms with E-state index in [0.29, 0.717) is 19.1 Å². The summed E-state index contributed by atoms with van der Waals surface area (Å²) >= 11 is 0. The molecule has 1 fully saturated rings. The molecule has 4 nitrogen and oxygen atoms in total. The lowest BCUT2D eigenvalue weighted by atomic mass is 10.2. The van der Waals surface area contributed by atoms with Gasteiger partial charge in [-0.1, -0.05) is 13.8 Å². The third kappa shape index (κ3) is 2.12. The van der Waals surface area contributed by atoms with E-state index in [2.05, 4.69) is 0 Å². The van der Waals surface area contributed by atoms with Gasteiger partial charge in [0, 0.05) is 0 Å². The molecule has 1 amide bonds. The molecule has 1 saturated heterocycles. The van der Waals surface area contributed by atoms with Crippen molar-refractivity contribution in [1.29, 1.82) is 5.26 Å². The number of carbonyl (C=O) groups excluding carboxylic acids is 1. The summed E-state index contributed by atoms with van der Waals surface area (Å²) in [7, 11) is 0. The van der Waals surface area contributed by atoms with E-state index in [1.165, 1.54) is 4.90 Å². The zero-order chi connectivity index (χ0) is 9.14. The van der Waals surface area contributed by atoms with Crippen LogP contribution in [0.25, 0.3) is 0 Å². The third-order valence-corrected chi connectivity index (χ3v) is 1.54. The summed E-state index contributed by atoms with van der Waals surface area (Å²) in [6.07, 6.45) is -0.366. The van der Waals surface area contributed by atoms with Gasteiger partial charge in [-0.2, -0.15) is 5.26 Å². The van der Waals surface area contributed by atoms with Gasteiger partial charge in [0.25, 0.3) is 0 Å². The largest absolute Gasteiger partial charge is 0.449 e. The quantitative estimate of drug-likeness (QED) is 0.578. The van der Waals surface area contributed by atoms with E-state index in [1.807, 2.05) is 19.9 Å². The molecule has 1 aliphatic rings. The summed E-state index contributed by atoms with van der Waals surface area (Å²) in [5, 5.41) is 8.40. The molecule has 66 valence electrons. The summed E-state index contributed by atoms with van der Waals surface area (Å²) < 4.78 is 4.90. The van der Waals surface area contributed by atoms with Crippen LogP contribution in [0.15, 0.2) is 0 Å². The van der Waals surface area contributed by atoms with Crippen molar-refractivity contribution in [2.24, 2.45) is 5.92 Å². The molecule has 4 heteroatoms. The Morgan fingerprint density at radius 3 is 2.92 bits per heavy atom. The molecule has 0 aromatic carbocycles. The molecule has 0 N–H and O–H groups in total. The topological polar surface area (TPSA) is 53.1 Å². The zero-order valence-corrected chi connectivity index (χ0v) is 7.28. The number of hydrogen-bond donors (Lipinski definition) is 0. The first-order valence-electron chi connectivity index (χ1n) is 3.98. The highest BCUT2D eigenvalue weighted by atomic mass is 16.6. The van der Waals surface area contributed by atoms with Crippen molar-refractivity contribution >= 4 is 6.09 Å². The zero-order valence-electron chi connectivity index (χ0n) is 7.28. The number of nitrogens with zero attached hydrogens (tertiary/aromatic N) is 2. The van der Waals surface area contributed by atoms with Gasteiger partial charge in [0.1, 0.15) is 6.04 Å². The number of ether oxygens (including phenoxy) is 1. The lowest BCUT2D eigenvalue weighted by Crippen LogP contribution is -2.17. The first-order chi connectivity index (χ1) is 5.65. The van der Waals surface area contributed by atoms with Crippen molar-refractivity contribution in [2.45, 2.75) is 19.9 Å². The number of amides is 1. The molecular formula is C8H12N2O2. The molecule has 0 aliphatic carbocycles. The molecule has 0 aromatic rings. The summed E-state index contributed by atoms with van der Waals surface area (Å²) in [6, 6.07) is 1.74. The minimum absolute atomic E-state index is 0.246. The van der Waals surface area contributed by atoms with Crippen LogP contribution in [0.3, 0.4) is 0 Å². The van der Waals surface area contributed by atoms with Gasteiger partial charge in [-0.3, -0.25) is 4.90 Å². The Labute approximate surface area is 71.7 Å². The molecule has 0 spiro atoms. The molecule has 1 atom stereocenters. The highest BCUT2D eigenvalue weighted by molar-refractivity contribution is 5.71.